The number of benzene rings is 1. The zero-order valence-corrected chi connectivity index (χ0v) is 17.5. The summed E-state index contributed by atoms with van der Waals surface area (Å²) in [7, 11) is 0. The molecule has 2 amide bonds. The van der Waals surface area contributed by atoms with Crippen LogP contribution >= 0.6 is 0 Å². The van der Waals surface area contributed by atoms with E-state index in [2.05, 4.69) is 5.32 Å². The highest BCUT2D eigenvalue weighted by Gasteiger charge is 2.39. The number of hydrogen-bond donors (Lipinski definition) is 2. The lowest BCUT2D eigenvalue weighted by Gasteiger charge is -2.41. The molecular weight excluding hydrogens is 422 g/mol. The molecule has 0 radical (unpaired) electrons. The van der Waals surface area contributed by atoms with Gasteiger partial charge in [0.2, 0.25) is 5.43 Å². The Kier molecular flexibility index (Phi) is 5.45. The Balaban J connectivity index is 1.70. The molecule has 2 aromatic rings. The molecule has 0 fully saturated rings. The van der Waals surface area contributed by atoms with Gasteiger partial charge >= 0.3 is 0 Å². The Morgan fingerprint density at radius 1 is 1.28 bits per heavy atom. The SMILES string of the molecule is Cc1ccc(CNC(=O)c2cn3c(c(O)c2=O)C(=O)N2CN3[C@@H](C)C=C[C@H]2CF)c(F)c1. The quantitative estimate of drug-likeness (QED) is 0.699. The first-order valence-corrected chi connectivity index (χ1v) is 10.1. The first kappa shape index (κ1) is 21.5. The van der Waals surface area contributed by atoms with Crippen LogP contribution in [0.3, 0.4) is 0 Å². The second-order valence-corrected chi connectivity index (χ2v) is 7.89. The number of alkyl halides is 1. The number of aromatic hydroxyl groups is 1. The number of pyridine rings is 1. The Morgan fingerprint density at radius 2 is 2.03 bits per heavy atom. The normalized spacial score (nSPS) is 19.6. The topological polar surface area (TPSA) is 94.9 Å². The molecule has 3 heterocycles. The van der Waals surface area contributed by atoms with Gasteiger partial charge in [0, 0.05) is 18.3 Å². The van der Waals surface area contributed by atoms with Crippen molar-refractivity contribution in [1.29, 1.82) is 0 Å². The van der Waals surface area contributed by atoms with Crippen molar-refractivity contribution in [3.8, 4) is 5.75 Å². The monoisotopic (exact) mass is 444 g/mol. The minimum absolute atomic E-state index is 0.00648. The molecule has 0 spiro atoms. The third kappa shape index (κ3) is 3.51. The summed E-state index contributed by atoms with van der Waals surface area (Å²) >= 11 is 0. The molecule has 168 valence electrons. The fourth-order valence-corrected chi connectivity index (χ4v) is 3.85. The largest absolute Gasteiger partial charge is 0.502 e. The fourth-order valence-electron chi connectivity index (χ4n) is 3.85. The van der Waals surface area contributed by atoms with E-state index in [-0.39, 0.29) is 30.5 Å². The van der Waals surface area contributed by atoms with E-state index in [4.69, 9.17) is 0 Å². The predicted molar refractivity (Wildman–Crippen MR) is 112 cm³/mol. The second kappa shape index (κ2) is 8.10. The van der Waals surface area contributed by atoms with Crippen LogP contribution in [0.4, 0.5) is 8.78 Å². The van der Waals surface area contributed by atoms with Crippen molar-refractivity contribution in [1.82, 2.24) is 14.9 Å². The third-order valence-electron chi connectivity index (χ3n) is 5.73. The number of carbonyl (C=O) groups excluding carboxylic acids is 2. The third-order valence-corrected chi connectivity index (χ3v) is 5.73. The summed E-state index contributed by atoms with van der Waals surface area (Å²) in [5, 5.41) is 14.6. The number of aromatic nitrogens is 1. The molecule has 8 nitrogen and oxygen atoms in total. The van der Waals surface area contributed by atoms with E-state index in [0.717, 1.165) is 5.56 Å². The minimum atomic E-state index is -1.04. The van der Waals surface area contributed by atoms with Crippen molar-refractivity contribution in [2.45, 2.75) is 32.5 Å². The Morgan fingerprint density at radius 3 is 2.72 bits per heavy atom. The number of aryl methyl sites for hydroxylation is 1. The van der Waals surface area contributed by atoms with Gasteiger partial charge in [-0.3, -0.25) is 24.1 Å². The molecule has 0 unspecified atom stereocenters. The van der Waals surface area contributed by atoms with Crippen LogP contribution in [0.2, 0.25) is 0 Å². The average Bonchev–Trinajstić information content (AvgIpc) is 2.90. The highest BCUT2D eigenvalue weighted by atomic mass is 19.1. The van der Waals surface area contributed by atoms with Gasteiger partial charge in [0.05, 0.1) is 12.1 Å². The molecule has 4 rings (SSSR count). The summed E-state index contributed by atoms with van der Waals surface area (Å²) in [5.74, 6) is -2.93. The van der Waals surface area contributed by atoms with Crippen molar-refractivity contribution in [2.75, 3.05) is 18.4 Å². The number of rotatable bonds is 4. The molecule has 2 aliphatic heterocycles. The lowest BCUT2D eigenvalue weighted by atomic mass is 10.1. The summed E-state index contributed by atoms with van der Waals surface area (Å²) in [6.45, 7) is 2.56. The van der Waals surface area contributed by atoms with Crippen LogP contribution in [0.1, 0.15) is 38.9 Å². The molecule has 2 N–H and O–H groups in total. The van der Waals surface area contributed by atoms with Crippen molar-refractivity contribution in [3.05, 3.63) is 75.0 Å². The minimum Gasteiger partial charge on any atom is -0.502 e. The first-order valence-electron chi connectivity index (χ1n) is 10.1. The van der Waals surface area contributed by atoms with Crippen molar-refractivity contribution in [3.63, 3.8) is 0 Å². The number of fused-ring (bicyclic) bond motifs is 4. The highest BCUT2D eigenvalue weighted by molar-refractivity contribution is 5.99. The van der Waals surface area contributed by atoms with Gasteiger partial charge in [-0.2, -0.15) is 0 Å². The maximum Gasteiger partial charge on any atom is 0.278 e. The van der Waals surface area contributed by atoms with Crippen LogP contribution in [0.5, 0.6) is 5.75 Å². The molecule has 0 saturated heterocycles. The van der Waals surface area contributed by atoms with Crippen LogP contribution < -0.4 is 15.8 Å². The van der Waals surface area contributed by atoms with E-state index in [1.54, 1.807) is 37.1 Å². The van der Waals surface area contributed by atoms with E-state index >= 15 is 0 Å². The first-order chi connectivity index (χ1) is 15.2. The van der Waals surface area contributed by atoms with Crippen LogP contribution in [0.25, 0.3) is 0 Å². The lowest BCUT2D eigenvalue weighted by molar-refractivity contribution is 0.0617. The number of halogens is 2. The standard InChI is InChI=1S/C22H22F2N4O4/c1-12-3-5-14(17(24)7-12)9-25-21(31)16-10-27-18(20(30)19(16)29)22(32)26-11-28(27)13(2)4-6-15(26)8-23/h3-7,10,13,15,30H,8-9,11H2,1-2H3,(H,25,31)/t13-,15-/m0/s1. The van der Waals surface area contributed by atoms with Crippen LogP contribution in [-0.4, -0.2) is 51.9 Å². The molecule has 2 aliphatic rings. The van der Waals surface area contributed by atoms with E-state index in [0.29, 0.717) is 0 Å². The van der Waals surface area contributed by atoms with Crippen molar-refractivity contribution >= 4 is 11.8 Å². The van der Waals surface area contributed by atoms with E-state index < -0.39 is 47.1 Å². The van der Waals surface area contributed by atoms with Crippen molar-refractivity contribution in [2.24, 2.45) is 0 Å². The molecule has 32 heavy (non-hydrogen) atoms. The van der Waals surface area contributed by atoms with Gasteiger partial charge in [0.15, 0.2) is 11.4 Å². The zero-order valence-electron chi connectivity index (χ0n) is 17.5. The molecule has 0 aliphatic carbocycles. The number of nitrogens with one attached hydrogen (secondary N) is 1. The summed E-state index contributed by atoms with van der Waals surface area (Å²) < 4.78 is 28.8. The molecule has 1 aromatic carbocycles. The van der Waals surface area contributed by atoms with Gasteiger partial charge in [-0.25, -0.2) is 8.78 Å². The molecule has 2 atom stereocenters. The molecule has 2 bridgehead atoms. The Bertz CT molecular complexity index is 1190. The highest BCUT2D eigenvalue weighted by Crippen LogP contribution is 2.26. The maximum absolute atomic E-state index is 14.1. The average molecular weight is 444 g/mol. The summed E-state index contributed by atoms with van der Waals surface area (Å²) in [6, 6.07) is 3.41. The van der Waals surface area contributed by atoms with E-state index in [9.17, 15) is 28.3 Å². The van der Waals surface area contributed by atoms with Gasteiger partial charge in [0.1, 0.15) is 24.7 Å². The predicted octanol–water partition coefficient (Wildman–Crippen LogP) is 1.58. The van der Waals surface area contributed by atoms with E-state index in [1.165, 1.54) is 27.9 Å². The summed E-state index contributed by atoms with van der Waals surface area (Å²) in [5.41, 5.74) is -0.811. The number of carbonyl (C=O) groups is 2. The Hall–Kier alpha value is -3.69. The smallest absolute Gasteiger partial charge is 0.278 e. The van der Waals surface area contributed by atoms with Crippen LogP contribution in [-0.2, 0) is 6.54 Å². The van der Waals surface area contributed by atoms with Crippen molar-refractivity contribution < 1.29 is 23.5 Å². The Labute approximate surface area is 182 Å². The van der Waals surface area contributed by atoms with E-state index in [1.807, 2.05) is 0 Å². The van der Waals surface area contributed by atoms with Gasteiger partial charge < -0.3 is 15.3 Å². The van der Waals surface area contributed by atoms with Gasteiger partial charge in [-0.15, -0.1) is 0 Å². The fraction of sp³-hybridized carbons (Fsp3) is 0.318. The zero-order chi connectivity index (χ0) is 23.2. The number of amides is 2. The summed E-state index contributed by atoms with van der Waals surface area (Å²) in [4.78, 5) is 39.6. The van der Waals surface area contributed by atoms with Gasteiger partial charge in [-0.05, 0) is 25.5 Å². The maximum atomic E-state index is 14.1. The van der Waals surface area contributed by atoms with Crippen LogP contribution in [0, 0.1) is 12.7 Å². The number of hydrogen-bond acceptors (Lipinski definition) is 5. The molecular formula is C22H22F2N4O4. The lowest BCUT2D eigenvalue weighted by Crippen LogP contribution is -2.58. The molecule has 0 saturated carbocycles. The van der Waals surface area contributed by atoms with Gasteiger partial charge in [0.25, 0.3) is 11.8 Å². The molecule has 1 aromatic heterocycles. The summed E-state index contributed by atoms with van der Waals surface area (Å²) in [6.07, 6.45) is 4.45. The van der Waals surface area contributed by atoms with Gasteiger partial charge in [-0.1, -0.05) is 24.3 Å². The second-order valence-electron chi connectivity index (χ2n) is 7.89. The molecule has 10 heteroatoms. The number of nitrogens with zero attached hydrogens (tertiary/aromatic N) is 3. The van der Waals surface area contributed by atoms with Crippen LogP contribution in [0.15, 0.2) is 41.3 Å².